The Morgan fingerprint density at radius 3 is 2.50 bits per heavy atom. The Labute approximate surface area is 191 Å². The lowest BCUT2D eigenvalue weighted by Crippen LogP contribution is -2.38. The molecule has 2 aromatic carbocycles. The van der Waals surface area contributed by atoms with Crippen LogP contribution in [0.2, 0.25) is 0 Å². The molecule has 0 radical (unpaired) electrons. The van der Waals surface area contributed by atoms with Gasteiger partial charge in [0.15, 0.2) is 0 Å². The third-order valence-electron chi connectivity index (χ3n) is 5.81. The number of fused-ring (bicyclic) bond motifs is 1. The largest absolute Gasteiger partial charge is 0.333 e. The first kappa shape index (κ1) is 23.7. The van der Waals surface area contributed by atoms with E-state index in [-0.39, 0.29) is 23.4 Å². The van der Waals surface area contributed by atoms with E-state index in [0.717, 1.165) is 30.5 Å². The molecule has 0 fully saturated rings. The van der Waals surface area contributed by atoms with Crippen LogP contribution in [-0.2, 0) is 4.79 Å². The van der Waals surface area contributed by atoms with Crippen LogP contribution in [0.15, 0.2) is 53.3 Å². The number of benzene rings is 2. The molecule has 3 rings (SSSR count). The van der Waals surface area contributed by atoms with Crippen LogP contribution in [0.4, 0.5) is 0 Å². The van der Waals surface area contributed by atoms with Gasteiger partial charge < -0.3 is 4.90 Å². The first-order valence-electron chi connectivity index (χ1n) is 11.7. The third kappa shape index (κ3) is 5.26. The normalized spacial score (nSPS) is 12.3. The summed E-state index contributed by atoms with van der Waals surface area (Å²) >= 11 is 0. The van der Waals surface area contributed by atoms with Gasteiger partial charge in [-0.2, -0.15) is 0 Å². The summed E-state index contributed by atoms with van der Waals surface area (Å²) in [6.07, 6.45) is 3.57. The number of unbranched alkanes of at least 4 members (excludes halogenated alkanes) is 2. The molecule has 0 saturated heterocycles. The van der Waals surface area contributed by atoms with Gasteiger partial charge in [0.25, 0.3) is 5.56 Å². The first-order chi connectivity index (χ1) is 15.3. The molecular formula is C27H35N3O2. The van der Waals surface area contributed by atoms with Crippen LogP contribution >= 0.6 is 0 Å². The summed E-state index contributed by atoms with van der Waals surface area (Å²) in [7, 11) is 0. The summed E-state index contributed by atoms with van der Waals surface area (Å²) in [4.78, 5) is 33.7. The van der Waals surface area contributed by atoms with Crippen molar-refractivity contribution in [2.24, 2.45) is 5.92 Å². The van der Waals surface area contributed by atoms with Gasteiger partial charge in [0, 0.05) is 13.0 Å². The van der Waals surface area contributed by atoms with E-state index in [0.29, 0.717) is 29.7 Å². The van der Waals surface area contributed by atoms with Gasteiger partial charge in [-0.1, -0.05) is 57.9 Å². The van der Waals surface area contributed by atoms with E-state index in [2.05, 4.69) is 20.8 Å². The highest BCUT2D eigenvalue weighted by atomic mass is 16.2. The Morgan fingerprint density at radius 2 is 1.81 bits per heavy atom. The zero-order valence-electron chi connectivity index (χ0n) is 20.0. The van der Waals surface area contributed by atoms with Crippen molar-refractivity contribution in [1.82, 2.24) is 14.5 Å². The molecule has 1 atom stereocenters. The molecule has 0 saturated carbocycles. The van der Waals surface area contributed by atoms with Crippen LogP contribution in [0.25, 0.3) is 16.6 Å². The molecule has 0 aliphatic rings. The fraction of sp³-hybridized carbons (Fsp3) is 0.444. The molecule has 3 aromatic rings. The van der Waals surface area contributed by atoms with E-state index < -0.39 is 0 Å². The zero-order chi connectivity index (χ0) is 23.3. The molecule has 0 spiro atoms. The van der Waals surface area contributed by atoms with Crippen LogP contribution in [0.3, 0.4) is 0 Å². The van der Waals surface area contributed by atoms with E-state index >= 15 is 0 Å². The van der Waals surface area contributed by atoms with Gasteiger partial charge in [-0.3, -0.25) is 14.2 Å². The van der Waals surface area contributed by atoms with Gasteiger partial charge in [-0.05, 0) is 56.0 Å². The number of hydrogen-bond acceptors (Lipinski definition) is 3. The van der Waals surface area contributed by atoms with Crippen molar-refractivity contribution in [3.63, 3.8) is 0 Å². The quantitative estimate of drug-likeness (QED) is 0.400. The van der Waals surface area contributed by atoms with Gasteiger partial charge in [0.2, 0.25) is 5.91 Å². The predicted octanol–water partition coefficient (Wildman–Crippen LogP) is 5.82. The fourth-order valence-corrected chi connectivity index (χ4v) is 4.12. The van der Waals surface area contributed by atoms with Crippen LogP contribution < -0.4 is 5.56 Å². The van der Waals surface area contributed by atoms with Crippen LogP contribution in [0.1, 0.15) is 70.8 Å². The number of para-hydroxylation sites is 1. The van der Waals surface area contributed by atoms with Crippen molar-refractivity contribution in [3.8, 4) is 5.69 Å². The number of aryl methyl sites for hydroxylation is 1. The number of carbonyl (C=O) groups excluding carboxylic acids is 1. The number of hydrogen-bond donors (Lipinski definition) is 0. The first-order valence-corrected chi connectivity index (χ1v) is 11.7. The highest BCUT2D eigenvalue weighted by Gasteiger charge is 2.27. The second kappa shape index (κ2) is 10.6. The highest BCUT2D eigenvalue weighted by molar-refractivity contribution is 5.79. The van der Waals surface area contributed by atoms with Gasteiger partial charge in [-0.25, -0.2) is 4.98 Å². The summed E-state index contributed by atoms with van der Waals surface area (Å²) in [5.74, 6) is 0.988. The Hall–Kier alpha value is -2.95. The number of carbonyl (C=O) groups is 1. The van der Waals surface area contributed by atoms with Gasteiger partial charge in [0.1, 0.15) is 5.82 Å². The molecule has 1 aromatic heterocycles. The summed E-state index contributed by atoms with van der Waals surface area (Å²) in [5.41, 5.74) is 2.40. The van der Waals surface area contributed by atoms with E-state index in [1.54, 1.807) is 4.57 Å². The molecular weight excluding hydrogens is 398 g/mol. The third-order valence-corrected chi connectivity index (χ3v) is 5.81. The molecule has 5 nitrogen and oxygen atoms in total. The van der Waals surface area contributed by atoms with Gasteiger partial charge in [0.05, 0.1) is 22.6 Å². The molecule has 1 heterocycles. The average Bonchev–Trinajstić information content (AvgIpc) is 2.75. The highest BCUT2D eigenvalue weighted by Crippen LogP contribution is 2.25. The van der Waals surface area contributed by atoms with Crippen molar-refractivity contribution < 1.29 is 4.79 Å². The predicted molar refractivity (Wildman–Crippen MR) is 131 cm³/mol. The molecule has 5 heteroatoms. The number of nitrogens with zero attached hydrogens (tertiary/aromatic N) is 3. The van der Waals surface area contributed by atoms with Crippen molar-refractivity contribution in [2.75, 3.05) is 6.54 Å². The topological polar surface area (TPSA) is 55.2 Å². The second-order valence-corrected chi connectivity index (χ2v) is 9.03. The van der Waals surface area contributed by atoms with Crippen LogP contribution in [-0.4, -0.2) is 26.9 Å². The second-order valence-electron chi connectivity index (χ2n) is 9.03. The van der Waals surface area contributed by atoms with E-state index in [4.69, 9.17) is 4.98 Å². The average molecular weight is 434 g/mol. The van der Waals surface area contributed by atoms with Crippen LogP contribution in [0, 0.1) is 12.8 Å². The molecule has 0 aliphatic carbocycles. The maximum atomic E-state index is 13.6. The van der Waals surface area contributed by atoms with Gasteiger partial charge in [-0.15, -0.1) is 0 Å². The van der Waals surface area contributed by atoms with E-state index in [9.17, 15) is 9.59 Å². The smallest absolute Gasteiger partial charge is 0.266 e. The number of rotatable bonds is 9. The molecule has 170 valence electrons. The number of amides is 1. The van der Waals surface area contributed by atoms with Crippen molar-refractivity contribution in [2.45, 2.75) is 66.3 Å². The molecule has 0 N–H and O–H groups in total. The Balaban J connectivity index is 2.18. The van der Waals surface area contributed by atoms with Crippen molar-refractivity contribution in [3.05, 3.63) is 70.3 Å². The lowest BCUT2D eigenvalue weighted by molar-refractivity contribution is -0.134. The summed E-state index contributed by atoms with van der Waals surface area (Å²) in [5, 5.41) is 0.580. The molecule has 32 heavy (non-hydrogen) atoms. The van der Waals surface area contributed by atoms with Crippen molar-refractivity contribution >= 4 is 16.8 Å². The summed E-state index contributed by atoms with van der Waals surface area (Å²) in [6.45, 7) is 10.9. The zero-order valence-corrected chi connectivity index (χ0v) is 20.0. The summed E-state index contributed by atoms with van der Waals surface area (Å²) < 4.78 is 1.69. The number of aromatic nitrogens is 2. The fourth-order valence-electron chi connectivity index (χ4n) is 4.12. The molecule has 0 bridgehead atoms. The van der Waals surface area contributed by atoms with Crippen LogP contribution in [0.5, 0.6) is 0 Å². The Kier molecular flexibility index (Phi) is 7.84. The van der Waals surface area contributed by atoms with E-state index in [1.165, 1.54) is 0 Å². The minimum Gasteiger partial charge on any atom is -0.333 e. The SMILES string of the molecule is CCCCCN(C(=O)CC(C)C)C(C)c1nc2ccccc2c(=O)n1-c1cccc(C)c1. The standard InChI is InChI=1S/C27H35N3O2/c1-6-7-10-16-29(25(31)17-19(2)3)21(5)26-28-24-15-9-8-14-23(24)27(32)30(26)22-13-11-12-20(4)18-22/h8-9,11-15,18-19,21H,6-7,10,16-17H2,1-5H3. The summed E-state index contributed by atoms with van der Waals surface area (Å²) in [6, 6.07) is 15.0. The minimum atomic E-state index is -0.323. The minimum absolute atomic E-state index is 0.104. The monoisotopic (exact) mass is 433 g/mol. The molecule has 1 unspecified atom stereocenters. The lowest BCUT2D eigenvalue weighted by atomic mass is 10.1. The maximum Gasteiger partial charge on any atom is 0.266 e. The maximum absolute atomic E-state index is 13.6. The Bertz CT molecular complexity index is 1130. The van der Waals surface area contributed by atoms with Gasteiger partial charge >= 0.3 is 0 Å². The van der Waals surface area contributed by atoms with E-state index in [1.807, 2.05) is 67.3 Å². The van der Waals surface area contributed by atoms with Crippen molar-refractivity contribution in [1.29, 1.82) is 0 Å². The molecule has 1 amide bonds. The Morgan fingerprint density at radius 1 is 1.06 bits per heavy atom. The lowest BCUT2D eigenvalue weighted by Gasteiger charge is -2.31. The molecule has 0 aliphatic heterocycles.